The van der Waals surface area contributed by atoms with E-state index in [-0.39, 0.29) is 11.8 Å². The van der Waals surface area contributed by atoms with Crippen LogP contribution >= 0.6 is 0 Å². The molecule has 0 radical (unpaired) electrons. The highest BCUT2D eigenvalue weighted by Gasteiger charge is 2.65. The summed E-state index contributed by atoms with van der Waals surface area (Å²) in [4.78, 5) is 22.6. The van der Waals surface area contributed by atoms with E-state index in [1.807, 2.05) is 13.8 Å². The number of hydrogen-bond acceptors (Lipinski definition) is 3. The number of carboxylic acid groups (broad SMARTS) is 1. The number of nitrogens with one attached hydrogen (secondary N) is 1. The largest absolute Gasteiger partial charge is 0.481 e. The highest BCUT2D eigenvalue weighted by Crippen LogP contribution is 2.58. The van der Waals surface area contributed by atoms with Gasteiger partial charge in [0.05, 0.1) is 11.8 Å². The summed E-state index contributed by atoms with van der Waals surface area (Å²) in [5.41, 5.74) is 4.92. The third kappa shape index (κ3) is 2.52. The summed E-state index contributed by atoms with van der Waals surface area (Å²) in [5, 5.41) is 11.7. The fraction of sp³-hybridized carbons (Fsp3) is 0.818. The average Bonchev–Trinajstić information content (AvgIpc) is 2.76. The van der Waals surface area contributed by atoms with Gasteiger partial charge < -0.3 is 16.2 Å². The smallest absolute Gasteiger partial charge is 0.307 e. The van der Waals surface area contributed by atoms with Crippen molar-refractivity contribution in [1.29, 1.82) is 0 Å². The number of carboxylic acids is 1. The molecule has 0 aliphatic heterocycles. The maximum atomic E-state index is 11.7. The zero-order valence-corrected chi connectivity index (χ0v) is 9.82. The molecule has 1 saturated carbocycles. The molecule has 16 heavy (non-hydrogen) atoms. The summed E-state index contributed by atoms with van der Waals surface area (Å²) in [6.45, 7) is 4.82. The molecule has 4 N–H and O–H groups in total. The lowest BCUT2D eigenvalue weighted by Gasteiger charge is -2.05. The molecular formula is C11H20N2O3. The lowest BCUT2D eigenvalue weighted by Crippen LogP contribution is -2.28. The minimum absolute atomic E-state index is 0.144. The van der Waals surface area contributed by atoms with Gasteiger partial charge in [0.25, 0.3) is 0 Å². The second-order valence-corrected chi connectivity index (χ2v) is 4.90. The zero-order chi connectivity index (χ0) is 12.3. The van der Waals surface area contributed by atoms with Crippen LogP contribution in [0.25, 0.3) is 0 Å². The number of rotatable bonds is 6. The van der Waals surface area contributed by atoms with Crippen molar-refractivity contribution in [2.24, 2.45) is 23.0 Å². The highest BCUT2D eigenvalue weighted by molar-refractivity contribution is 5.91. The Kier molecular flexibility index (Phi) is 3.91. The van der Waals surface area contributed by atoms with Crippen LogP contribution in [-0.2, 0) is 9.59 Å². The fourth-order valence-corrected chi connectivity index (χ4v) is 2.18. The van der Waals surface area contributed by atoms with Crippen LogP contribution in [0.5, 0.6) is 0 Å². The van der Waals surface area contributed by atoms with Crippen LogP contribution in [0.4, 0.5) is 0 Å². The SMILES string of the molecule is CC1(C)C(C(=O)O)C1C(=O)NCCCCN. The number of aliphatic carboxylic acids is 1. The van der Waals surface area contributed by atoms with Gasteiger partial charge >= 0.3 is 5.97 Å². The number of carbonyl (C=O) groups excluding carboxylic acids is 1. The second kappa shape index (κ2) is 4.82. The Morgan fingerprint density at radius 1 is 1.31 bits per heavy atom. The first-order valence-electron chi connectivity index (χ1n) is 5.63. The van der Waals surface area contributed by atoms with E-state index < -0.39 is 17.3 Å². The molecule has 5 heteroatoms. The van der Waals surface area contributed by atoms with E-state index >= 15 is 0 Å². The van der Waals surface area contributed by atoms with Crippen LogP contribution < -0.4 is 11.1 Å². The molecule has 0 aromatic heterocycles. The fourth-order valence-electron chi connectivity index (χ4n) is 2.18. The lowest BCUT2D eigenvalue weighted by atomic mass is 10.1. The number of nitrogens with two attached hydrogens (primary N) is 1. The van der Waals surface area contributed by atoms with Crippen molar-refractivity contribution in [3.63, 3.8) is 0 Å². The molecule has 1 amide bonds. The molecule has 1 aliphatic rings. The Bertz CT molecular complexity index is 289. The van der Waals surface area contributed by atoms with Gasteiger partial charge in [0.15, 0.2) is 0 Å². The highest BCUT2D eigenvalue weighted by atomic mass is 16.4. The summed E-state index contributed by atoms with van der Waals surface area (Å²) in [7, 11) is 0. The van der Waals surface area contributed by atoms with Gasteiger partial charge in [-0.15, -0.1) is 0 Å². The van der Waals surface area contributed by atoms with Crippen molar-refractivity contribution in [3.8, 4) is 0 Å². The Hall–Kier alpha value is -1.10. The zero-order valence-electron chi connectivity index (χ0n) is 9.82. The first kappa shape index (κ1) is 13.0. The van der Waals surface area contributed by atoms with Gasteiger partial charge in [-0.3, -0.25) is 9.59 Å². The third-order valence-electron chi connectivity index (χ3n) is 3.31. The van der Waals surface area contributed by atoms with E-state index in [2.05, 4.69) is 5.32 Å². The van der Waals surface area contributed by atoms with Crippen LogP contribution in [0.3, 0.4) is 0 Å². The average molecular weight is 228 g/mol. The summed E-state index contributed by atoms with van der Waals surface area (Å²) in [5.74, 6) is -1.95. The van der Waals surface area contributed by atoms with E-state index in [9.17, 15) is 9.59 Å². The first-order chi connectivity index (χ1) is 7.42. The van der Waals surface area contributed by atoms with Crippen LogP contribution in [0, 0.1) is 17.3 Å². The lowest BCUT2D eigenvalue weighted by molar-refractivity contribution is -0.140. The second-order valence-electron chi connectivity index (χ2n) is 4.90. The molecule has 1 aliphatic carbocycles. The maximum Gasteiger partial charge on any atom is 0.307 e. The number of hydrogen-bond donors (Lipinski definition) is 3. The Morgan fingerprint density at radius 2 is 1.94 bits per heavy atom. The van der Waals surface area contributed by atoms with Crippen LogP contribution in [0.1, 0.15) is 26.7 Å². The van der Waals surface area contributed by atoms with Crippen molar-refractivity contribution < 1.29 is 14.7 Å². The topological polar surface area (TPSA) is 92.4 Å². The summed E-state index contributed by atoms with van der Waals surface area (Å²) in [6.07, 6.45) is 1.71. The molecule has 0 saturated heterocycles. The van der Waals surface area contributed by atoms with Gasteiger partial charge in [0.2, 0.25) is 5.91 Å². The minimum Gasteiger partial charge on any atom is -0.481 e. The van der Waals surface area contributed by atoms with Gasteiger partial charge in [-0.25, -0.2) is 0 Å². The summed E-state index contributed by atoms with van der Waals surface area (Å²) in [6, 6.07) is 0. The van der Waals surface area contributed by atoms with Gasteiger partial charge in [0, 0.05) is 6.54 Å². The number of unbranched alkanes of at least 4 members (excludes halogenated alkanes) is 1. The standard InChI is InChI=1S/C11H20N2O3/c1-11(2)7(8(11)10(15)16)9(14)13-6-4-3-5-12/h7-8H,3-6,12H2,1-2H3,(H,13,14)(H,15,16). The first-order valence-corrected chi connectivity index (χ1v) is 5.63. The van der Waals surface area contributed by atoms with Crippen LogP contribution in [0.2, 0.25) is 0 Å². The van der Waals surface area contributed by atoms with E-state index in [0.29, 0.717) is 13.1 Å². The molecular weight excluding hydrogens is 208 g/mol. The molecule has 0 spiro atoms. The quantitative estimate of drug-likeness (QED) is 0.566. The Morgan fingerprint density at radius 3 is 2.38 bits per heavy atom. The molecule has 0 aromatic rings. The minimum atomic E-state index is -0.882. The molecule has 0 aromatic carbocycles. The maximum absolute atomic E-state index is 11.7. The van der Waals surface area contributed by atoms with Crippen molar-refractivity contribution in [3.05, 3.63) is 0 Å². The number of amides is 1. The van der Waals surface area contributed by atoms with E-state index in [1.54, 1.807) is 0 Å². The van der Waals surface area contributed by atoms with Gasteiger partial charge in [0.1, 0.15) is 0 Å². The van der Waals surface area contributed by atoms with E-state index in [0.717, 1.165) is 12.8 Å². The van der Waals surface area contributed by atoms with Gasteiger partial charge in [-0.1, -0.05) is 13.8 Å². The van der Waals surface area contributed by atoms with Crippen molar-refractivity contribution >= 4 is 11.9 Å². The predicted octanol–water partition coefficient (Wildman–Crippen LogP) is 0.198. The molecule has 0 bridgehead atoms. The van der Waals surface area contributed by atoms with Gasteiger partial charge in [-0.2, -0.15) is 0 Å². The van der Waals surface area contributed by atoms with Gasteiger partial charge in [-0.05, 0) is 24.8 Å². The van der Waals surface area contributed by atoms with Crippen LogP contribution in [0.15, 0.2) is 0 Å². The molecule has 1 rings (SSSR count). The summed E-state index contributed by atoms with van der Waals surface area (Å²) >= 11 is 0. The Labute approximate surface area is 95.4 Å². The van der Waals surface area contributed by atoms with Crippen molar-refractivity contribution in [1.82, 2.24) is 5.32 Å². The summed E-state index contributed by atoms with van der Waals surface area (Å²) < 4.78 is 0. The third-order valence-corrected chi connectivity index (χ3v) is 3.31. The predicted molar refractivity (Wildman–Crippen MR) is 59.7 cm³/mol. The molecule has 1 fully saturated rings. The normalized spacial score (nSPS) is 26.2. The number of carbonyl (C=O) groups is 2. The monoisotopic (exact) mass is 228 g/mol. The van der Waals surface area contributed by atoms with Crippen molar-refractivity contribution in [2.45, 2.75) is 26.7 Å². The Balaban J connectivity index is 2.36. The van der Waals surface area contributed by atoms with E-state index in [4.69, 9.17) is 10.8 Å². The molecule has 0 heterocycles. The van der Waals surface area contributed by atoms with E-state index in [1.165, 1.54) is 0 Å². The van der Waals surface area contributed by atoms with Crippen LogP contribution in [-0.4, -0.2) is 30.1 Å². The van der Waals surface area contributed by atoms with Crippen molar-refractivity contribution in [2.75, 3.05) is 13.1 Å². The molecule has 2 unspecified atom stereocenters. The molecule has 5 nitrogen and oxygen atoms in total. The molecule has 2 atom stereocenters. The molecule has 92 valence electrons.